The molecule has 3 heterocycles. The number of hydrogen-bond acceptors (Lipinski definition) is 4. The second kappa shape index (κ2) is 6.26. The largest absolute Gasteiger partial charge is 0.433 e. The van der Waals surface area contributed by atoms with E-state index >= 15 is 0 Å². The molecule has 0 aliphatic heterocycles. The molecule has 0 atom stereocenters. The van der Waals surface area contributed by atoms with Crippen molar-refractivity contribution in [1.82, 2.24) is 14.5 Å². The summed E-state index contributed by atoms with van der Waals surface area (Å²) in [4.78, 5) is 20.1. The molecule has 0 saturated carbocycles. The molecule has 0 radical (unpaired) electrons. The van der Waals surface area contributed by atoms with E-state index in [1.165, 1.54) is 17.0 Å². The highest BCUT2D eigenvalue weighted by Gasteiger charge is 2.33. The van der Waals surface area contributed by atoms with Gasteiger partial charge in [0.15, 0.2) is 0 Å². The molecule has 0 spiro atoms. The van der Waals surface area contributed by atoms with E-state index in [2.05, 4.69) is 16.9 Å². The molecule has 0 aliphatic carbocycles. The van der Waals surface area contributed by atoms with Crippen molar-refractivity contribution in [1.29, 1.82) is 0 Å². The average Bonchev–Trinajstić information content (AvgIpc) is 2.91. The highest BCUT2D eigenvalue weighted by atomic mass is 19.4. The molecule has 24 heavy (non-hydrogen) atoms. The Morgan fingerprint density at radius 2 is 2.00 bits per heavy atom. The average molecular weight is 339 g/mol. The van der Waals surface area contributed by atoms with Crippen LogP contribution in [0.4, 0.5) is 13.2 Å². The van der Waals surface area contributed by atoms with E-state index in [0.717, 1.165) is 31.7 Å². The van der Waals surface area contributed by atoms with Gasteiger partial charge in [0.1, 0.15) is 11.2 Å². The molecule has 3 rings (SSSR count). The number of unbranched alkanes of at least 4 members (excludes halogenated alkanes) is 3. The number of halogens is 3. The maximum atomic E-state index is 12.7. The fraction of sp³-hybridized carbons (Fsp3) is 0.438. The molecule has 0 unspecified atom stereocenters. The van der Waals surface area contributed by atoms with Crippen LogP contribution < -0.4 is 5.56 Å². The van der Waals surface area contributed by atoms with Crippen LogP contribution in [0.5, 0.6) is 0 Å². The Kier molecular flexibility index (Phi) is 4.29. The fourth-order valence-corrected chi connectivity index (χ4v) is 2.58. The summed E-state index contributed by atoms with van der Waals surface area (Å²) in [5.41, 5.74) is -1.51. The number of hydrogen-bond donors (Lipinski definition) is 0. The third-order valence-corrected chi connectivity index (χ3v) is 3.85. The maximum absolute atomic E-state index is 12.7. The van der Waals surface area contributed by atoms with Crippen molar-refractivity contribution in [3.8, 4) is 0 Å². The van der Waals surface area contributed by atoms with Gasteiger partial charge in [-0.3, -0.25) is 9.36 Å². The monoisotopic (exact) mass is 339 g/mol. The van der Waals surface area contributed by atoms with Crippen LogP contribution in [0.2, 0.25) is 0 Å². The minimum Gasteiger partial charge on any atom is -0.430 e. The van der Waals surface area contributed by atoms with Gasteiger partial charge >= 0.3 is 6.18 Å². The van der Waals surface area contributed by atoms with E-state index in [9.17, 15) is 18.0 Å². The van der Waals surface area contributed by atoms with Crippen LogP contribution in [0, 0.1) is 0 Å². The van der Waals surface area contributed by atoms with Crippen molar-refractivity contribution in [3.05, 3.63) is 34.5 Å². The van der Waals surface area contributed by atoms with Crippen molar-refractivity contribution in [2.24, 2.45) is 0 Å². The molecular weight excluding hydrogens is 323 g/mol. The number of pyridine rings is 1. The van der Waals surface area contributed by atoms with Crippen molar-refractivity contribution >= 4 is 22.2 Å². The lowest BCUT2D eigenvalue weighted by Crippen LogP contribution is -2.20. The van der Waals surface area contributed by atoms with Crippen molar-refractivity contribution in [2.45, 2.75) is 45.3 Å². The predicted molar refractivity (Wildman–Crippen MR) is 82.7 cm³/mol. The Morgan fingerprint density at radius 3 is 2.71 bits per heavy atom. The van der Waals surface area contributed by atoms with Gasteiger partial charge in [0.25, 0.3) is 5.56 Å². The van der Waals surface area contributed by atoms with E-state index in [1.54, 1.807) is 0 Å². The van der Waals surface area contributed by atoms with Gasteiger partial charge in [-0.1, -0.05) is 26.2 Å². The molecule has 0 amide bonds. The topological polar surface area (TPSA) is 60.9 Å². The number of furan rings is 1. The van der Waals surface area contributed by atoms with Crippen LogP contribution in [0.3, 0.4) is 0 Å². The second-order valence-electron chi connectivity index (χ2n) is 5.63. The zero-order valence-corrected chi connectivity index (χ0v) is 13.1. The smallest absolute Gasteiger partial charge is 0.430 e. The van der Waals surface area contributed by atoms with Gasteiger partial charge in [-0.2, -0.15) is 13.2 Å². The van der Waals surface area contributed by atoms with Crippen LogP contribution in [0.25, 0.3) is 22.2 Å². The standard InChI is InChI=1S/C16H16F3N3O2/c1-2-3-4-5-8-22-9-20-12-10-6-7-11(16(17,18)19)21-14(10)24-13(12)15(22)23/h6-7,9H,2-5,8H2,1H3. The first-order valence-electron chi connectivity index (χ1n) is 7.77. The lowest BCUT2D eigenvalue weighted by molar-refractivity contribution is -0.141. The summed E-state index contributed by atoms with van der Waals surface area (Å²) < 4.78 is 44.9. The molecular formula is C16H16F3N3O2. The number of fused-ring (bicyclic) bond motifs is 3. The summed E-state index contributed by atoms with van der Waals surface area (Å²) in [5.74, 6) is 0. The fourth-order valence-electron chi connectivity index (χ4n) is 2.58. The van der Waals surface area contributed by atoms with Gasteiger partial charge in [-0.05, 0) is 18.6 Å². The molecule has 8 heteroatoms. The maximum Gasteiger partial charge on any atom is 0.433 e. The Hall–Kier alpha value is -2.38. The van der Waals surface area contributed by atoms with Crippen molar-refractivity contribution in [3.63, 3.8) is 0 Å². The van der Waals surface area contributed by atoms with E-state index in [1.807, 2.05) is 0 Å². The van der Waals surface area contributed by atoms with Gasteiger partial charge in [-0.15, -0.1) is 0 Å². The third-order valence-electron chi connectivity index (χ3n) is 3.85. The molecule has 128 valence electrons. The molecule has 0 bridgehead atoms. The summed E-state index contributed by atoms with van der Waals surface area (Å²) in [6.07, 6.45) is 0.834. The van der Waals surface area contributed by atoms with Gasteiger partial charge in [0, 0.05) is 6.54 Å². The zero-order valence-electron chi connectivity index (χ0n) is 13.1. The second-order valence-corrected chi connectivity index (χ2v) is 5.63. The Balaban J connectivity index is 2.02. The van der Waals surface area contributed by atoms with Crippen LogP contribution in [0.1, 0.15) is 38.3 Å². The highest BCUT2D eigenvalue weighted by Crippen LogP contribution is 2.31. The summed E-state index contributed by atoms with van der Waals surface area (Å²) >= 11 is 0. The lowest BCUT2D eigenvalue weighted by Gasteiger charge is -2.04. The Labute approximate surface area is 135 Å². The van der Waals surface area contributed by atoms with Crippen molar-refractivity contribution < 1.29 is 17.6 Å². The molecule has 3 aromatic heterocycles. The quantitative estimate of drug-likeness (QED) is 0.656. The molecule has 0 saturated heterocycles. The van der Waals surface area contributed by atoms with Gasteiger partial charge in [-0.25, -0.2) is 9.97 Å². The van der Waals surface area contributed by atoms with Crippen LogP contribution in [-0.4, -0.2) is 14.5 Å². The summed E-state index contributed by atoms with van der Waals surface area (Å²) in [6.45, 7) is 2.59. The summed E-state index contributed by atoms with van der Waals surface area (Å²) in [7, 11) is 0. The predicted octanol–water partition coefficient (Wildman–Crippen LogP) is 4.14. The minimum absolute atomic E-state index is 0.0604. The molecule has 3 aromatic rings. The molecule has 5 nitrogen and oxygen atoms in total. The molecule has 0 aliphatic rings. The number of rotatable bonds is 5. The minimum atomic E-state index is -4.57. The first-order chi connectivity index (χ1) is 11.4. The zero-order chi connectivity index (χ0) is 17.3. The molecule has 0 fully saturated rings. The highest BCUT2D eigenvalue weighted by molar-refractivity contribution is 6.00. The van der Waals surface area contributed by atoms with E-state index < -0.39 is 17.4 Å². The lowest BCUT2D eigenvalue weighted by atomic mass is 10.2. The number of aromatic nitrogens is 3. The normalized spacial score (nSPS) is 12.3. The van der Waals surface area contributed by atoms with Crippen LogP contribution in [0.15, 0.2) is 27.7 Å². The first kappa shape index (κ1) is 16.5. The van der Waals surface area contributed by atoms with E-state index in [0.29, 0.717) is 11.9 Å². The SMILES string of the molecule is CCCCCCn1cnc2c(oc3nc(C(F)(F)F)ccc32)c1=O. The van der Waals surface area contributed by atoms with Gasteiger partial charge in [0.2, 0.25) is 11.3 Å². The van der Waals surface area contributed by atoms with Gasteiger partial charge < -0.3 is 4.42 Å². The summed E-state index contributed by atoms with van der Waals surface area (Å²) in [6, 6.07) is 2.09. The molecule has 0 N–H and O–H groups in total. The van der Waals surface area contributed by atoms with E-state index in [-0.39, 0.29) is 16.8 Å². The Bertz CT molecular complexity index is 928. The Morgan fingerprint density at radius 1 is 1.21 bits per heavy atom. The van der Waals surface area contributed by atoms with Crippen molar-refractivity contribution in [2.75, 3.05) is 0 Å². The van der Waals surface area contributed by atoms with Crippen LogP contribution in [-0.2, 0) is 12.7 Å². The van der Waals surface area contributed by atoms with Crippen LogP contribution >= 0.6 is 0 Å². The summed E-state index contributed by atoms with van der Waals surface area (Å²) in [5, 5.41) is 0.299. The van der Waals surface area contributed by atoms with Gasteiger partial charge in [0.05, 0.1) is 11.7 Å². The number of alkyl halides is 3. The van der Waals surface area contributed by atoms with E-state index in [4.69, 9.17) is 4.42 Å². The number of nitrogens with zero attached hydrogens (tertiary/aromatic N) is 3. The molecule has 0 aromatic carbocycles. The third kappa shape index (κ3) is 3.00. The number of aryl methyl sites for hydroxylation is 1. The first-order valence-corrected chi connectivity index (χ1v) is 7.77.